The van der Waals surface area contributed by atoms with Crippen LogP contribution >= 0.6 is 24.0 Å². The molecule has 2 N–H and O–H groups in total. The van der Waals surface area contributed by atoms with Crippen molar-refractivity contribution in [1.29, 1.82) is 0 Å². The molecule has 2 rings (SSSR count). The van der Waals surface area contributed by atoms with Crippen LogP contribution in [-0.4, -0.2) is 39.9 Å². The SMILES string of the molecule is CCOc1ccc(CCNC(=NC)NCc2ccc(OC)cc2)cc1OCC.I. The first-order chi connectivity index (χ1) is 13.7. The lowest BCUT2D eigenvalue weighted by Gasteiger charge is -2.14. The summed E-state index contributed by atoms with van der Waals surface area (Å²) in [5, 5.41) is 6.66. The van der Waals surface area contributed by atoms with E-state index in [2.05, 4.69) is 21.7 Å². The third kappa shape index (κ3) is 8.39. The lowest BCUT2D eigenvalue weighted by Crippen LogP contribution is -2.37. The Morgan fingerprint density at radius 3 is 2.17 bits per heavy atom. The van der Waals surface area contributed by atoms with Gasteiger partial charge in [-0.2, -0.15) is 0 Å². The molecule has 0 bridgehead atoms. The Balaban J connectivity index is 0.00000420. The van der Waals surface area contributed by atoms with Crippen molar-refractivity contribution in [2.45, 2.75) is 26.8 Å². The minimum Gasteiger partial charge on any atom is -0.497 e. The van der Waals surface area contributed by atoms with E-state index in [9.17, 15) is 0 Å². The highest BCUT2D eigenvalue weighted by Crippen LogP contribution is 2.28. The predicted octanol–water partition coefficient (Wildman–Crippen LogP) is 4.02. The highest BCUT2D eigenvalue weighted by Gasteiger charge is 2.06. The van der Waals surface area contributed by atoms with Crippen molar-refractivity contribution < 1.29 is 14.2 Å². The van der Waals surface area contributed by atoms with Gasteiger partial charge < -0.3 is 24.8 Å². The smallest absolute Gasteiger partial charge is 0.191 e. The van der Waals surface area contributed by atoms with Gasteiger partial charge in [0.2, 0.25) is 0 Å². The van der Waals surface area contributed by atoms with E-state index in [1.807, 2.05) is 50.2 Å². The average molecular weight is 513 g/mol. The standard InChI is InChI=1S/C22H31N3O3.HI/c1-5-27-20-12-9-17(15-21(20)28-6-2)13-14-24-22(23-3)25-16-18-7-10-19(26-4)11-8-18;/h7-12,15H,5-6,13-14,16H2,1-4H3,(H2,23,24,25);1H. The van der Waals surface area contributed by atoms with Gasteiger partial charge in [-0.25, -0.2) is 0 Å². The summed E-state index contributed by atoms with van der Waals surface area (Å²) >= 11 is 0. The maximum Gasteiger partial charge on any atom is 0.191 e. The molecule has 0 amide bonds. The lowest BCUT2D eigenvalue weighted by atomic mass is 10.1. The molecule has 0 atom stereocenters. The van der Waals surface area contributed by atoms with Gasteiger partial charge in [-0.1, -0.05) is 18.2 Å². The molecule has 160 valence electrons. The number of guanidine groups is 1. The zero-order chi connectivity index (χ0) is 20.2. The third-order valence-corrected chi connectivity index (χ3v) is 4.16. The van der Waals surface area contributed by atoms with E-state index >= 15 is 0 Å². The highest BCUT2D eigenvalue weighted by molar-refractivity contribution is 14.0. The number of nitrogens with zero attached hydrogens (tertiary/aromatic N) is 1. The molecule has 0 radical (unpaired) electrons. The topological polar surface area (TPSA) is 64.1 Å². The zero-order valence-electron chi connectivity index (χ0n) is 17.7. The number of nitrogens with one attached hydrogen (secondary N) is 2. The molecule has 0 saturated carbocycles. The number of aliphatic imine (C=N–C) groups is 1. The number of hydrogen-bond donors (Lipinski definition) is 2. The van der Waals surface area contributed by atoms with Crippen molar-refractivity contribution in [3.8, 4) is 17.2 Å². The summed E-state index contributed by atoms with van der Waals surface area (Å²) in [6.45, 7) is 6.64. The second-order valence-electron chi connectivity index (χ2n) is 6.10. The Morgan fingerprint density at radius 1 is 0.897 bits per heavy atom. The van der Waals surface area contributed by atoms with Crippen molar-refractivity contribution in [3.05, 3.63) is 53.6 Å². The molecule has 0 aliphatic rings. The van der Waals surface area contributed by atoms with Crippen LogP contribution in [0.2, 0.25) is 0 Å². The van der Waals surface area contributed by atoms with E-state index in [0.717, 1.165) is 41.7 Å². The number of methoxy groups -OCH3 is 1. The molecule has 0 aliphatic carbocycles. The Morgan fingerprint density at radius 2 is 1.55 bits per heavy atom. The van der Waals surface area contributed by atoms with E-state index in [1.54, 1.807) is 14.2 Å². The largest absolute Gasteiger partial charge is 0.497 e. The fourth-order valence-corrected chi connectivity index (χ4v) is 2.73. The van der Waals surface area contributed by atoms with Crippen LogP contribution in [-0.2, 0) is 13.0 Å². The second-order valence-corrected chi connectivity index (χ2v) is 6.10. The minimum absolute atomic E-state index is 0. The van der Waals surface area contributed by atoms with Gasteiger partial charge in [0, 0.05) is 20.1 Å². The highest BCUT2D eigenvalue weighted by atomic mass is 127. The zero-order valence-corrected chi connectivity index (χ0v) is 20.0. The van der Waals surface area contributed by atoms with Crippen LogP contribution in [0.1, 0.15) is 25.0 Å². The van der Waals surface area contributed by atoms with Gasteiger partial charge in [0.25, 0.3) is 0 Å². The van der Waals surface area contributed by atoms with Crippen LogP contribution in [0.5, 0.6) is 17.2 Å². The quantitative estimate of drug-likeness (QED) is 0.286. The summed E-state index contributed by atoms with van der Waals surface area (Å²) in [4.78, 5) is 4.28. The molecule has 6 nitrogen and oxygen atoms in total. The number of hydrogen-bond acceptors (Lipinski definition) is 4. The van der Waals surface area contributed by atoms with Crippen molar-refractivity contribution in [1.82, 2.24) is 10.6 Å². The van der Waals surface area contributed by atoms with Crippen molar-refractivity contribution in [2.24, 2.45) is 4.99 Å². The summed E-state index contributed by atoms with van der Waals surface area (Å²) in [6, 6.07) is 14.1. The van der Waals surface area contributed by atoms with Gasteiger partial charge in [0.05, 0.1) is 20.3 Å². The molecule has 0 fully saturated rings. The molecule has 0 heterocycles. The van der Waals surface area contributed by atoms with Gasteiger partial charge >= 0.3 is 0 Å². The molecule has 29 heavy (non-hydrogen) atoms. The minimum atomic E-state index is 0. The number of ether oxygens (including phenoxy) is 3. The first-order valence-corrected chi connectivity index (χ1v) is 9.66. The fraction of sp³-hybridized carbons (Fsp3) is 0.409. The van der Waals surface area contributed by atoms with Crippen molar-refractivity contribution >= 4 is 29.9 Å². The normalized spacial score (nSPS) is 10.7. The first-order valence-electron chi connectivity index (χ1n) is 9.66. The van der Waals surface area contributed by atoms with E-state index < -0.39 is 0 Å². The van der Waals surface area contributed by atoms with E-state index in [-0.39, 0.29) is 24.0 Å². The Hall–Kier alpha value is -2.16. The predicted molar refractivity (Wildman–Crippen MR) is 129 cm³/mol. The third-order valence-electron chi connectivity index (χ3n) is 4.16. The van der Waals surface area contributed by atoms with E-state index in [0.29, 0.717) is 19.8 Å². The Kier molecular flexibility index (Phi) is 11.9. The molecular weight excluding hydrogens is 481 g/mol. The maximum atomic E-state index is 5.69. The summed E-state index contributed by atoms with van der Waals surface area (Å²) < 4.78 is 16.5. The first kappa shape index (κ1) is 24.9. The van der Waals surface area contributed by atoms with Gasteiger partial charge in [0.15, 0.2) is 17.5 Å². The summed E-state index contributed by atoms with van der Waals surface area (Å²) in [5.41, 5.74) is 2.35. The molecular formula is C22H32IN3O3. The average Bonchev–Trinajstić information content (AvgIpc) is 2.73. The summed E-state index contributed by atoms with van der Waals surface area (Å²) in [6.07, 6.45) is 0.857. The molecule has 7 heteroatoms. The fourth-order valence-electron chi connectivity index (χ4n) is 2.73. The van der Waals surface area contributed by atoms with Gasteiger partial charge in [0.1, 0.15) is 5.75 Å². The molecule has 0 aromatic heterocycles. The molecule has 2 aromatic rings. The van der Waals surface area contributed by atoms with Crippen LogP contribution < -0.4 is 24.8 Å². The monoisotopic (exact) mass is 513 g/mol. The summed E-state index contributed by atoms with van der Waals surface area (Å²) in [5.74, 6) is 3.21. The van der Waals surface area contributed by atoms with Crippen molar-refractivity contribution in [3.63, 3.8) is 0 Å². The van der Waals surface area contributed by atoms with Crippen LogP contribution in [0.3, 0.4) is 0 Å². The van der Waals surface area contributed by atoms with Gasteiger partial charge in [-0.3, -0.25) is 4.99 Å². The molecule has 0 saturated heterocycles. The number of halogens is 1. The van der Waals surface area contributed by atoms with Crippen LogP contribution in [0, 0.1) is 0 Å². The maximum absolute atomic E-state index is 5.69. The van der Waals surface area contributed by atoms with Gasteiger partial charge in [-0.05, 0) is 55.7 Å². The molecule has 0 unspecified atom stereocenters. The lowest BCUT2D eigenvalue weighted by molar-refractivity contribution is 0.287. The van der Waals surface area contributed by atoms with Gasteiger partial charge in [-0.15, -0.1) is 24.0 Å². The number of benzene rings is 2. The Labute approximate surface area is 191 Å². The van der Waals surface area contributed by atoms with Crippen molar-refractivity contribution in [2.75, 3.05) is 33.9 Å². The Bertz CT molecular complexity index is 751. The molecule has 0 aliphatic heterocycles. The molecule has 0 spiro atoms. The van der Waals surface area contributed by atoms with Crippen LogP contribution in [0.15, 0.2) is 47.5 Å². The van der Waals surface area contributed by atoms with E-state index in [4.69, 9.17) is 14.2 Å². The van der Waals surface area contributed by atoms with Crippen LogP contribution in [0.4, 0.5) is 0 Å². The van der Waals surface area contributed by atoms with E-state index in [1.165, 1.54) is 5.56 Å². The van der Waals surface area contributed by atoms with Crippen LogP contribution in [0.25, 0.3) is 0 Å². The number of rotatable bonds is 10. The summed E-state index contributed by atoms with van der Waals surface area (Å²) in [7, 11) is 3.44. The molecule has 2 aromatic carbocycles. The second kappa shape index (κ2) is 13.9.